The van der Waals surface area contributed by atoms with Gasteiger partial charge in [0.2, 0.25) is 11.8 Å². The molecule has 2 aromatic rings. The Bertz CT molecular complexity index is 1160. The van der Waals surface area contributed by atoms with Crippen molar-refractivity contribution in [3.05, 3.63) is 63.4 Å². The third kappa shape index (κ3) is 7.61. The molecule has 2 atom stereocenters. The summed E-state index contributed by atoms with van der Waals surface area (Å²) >= 11 is 12.5. The molecule has 4 rings (SSSR count). The first-order valence-corrected chi connectivity index (χ1v) is 14.0. The summed E-state index contributed by atoms with van der Waals surface area (Å²) in [6.07, 6.45) is 0.314. The van der Waals surface area contributed by atoms with Crippen LogP contribution in [0.3, 0.4) is 0 Å². The van der Waals surface area contributed by atoms with Crippen molar-refractivity contribution in [2.45, 2.75) is 32.0 Å². The molecule has 2 fully saturated rings. The van der Waals surface area contributed by atoms with Crippen LogP contribution in [0.25, 0.3) is 0 Å². The highest BCUT2D eigenvalue weighted by molar-refractivity contribution is 6.35. The standard InChI is InChI=1S/C28H36Cl2FN5O3/c1-19(18-39-2)33-16-21-13-23(31)5-6-25(21)34-9-11-35(12-10-34)28(38)26(36-8-7-32-17-27(36)37)14-20-3-4-22(29)15-24(20)30/h3-6,13,15,19,26,32-33H,7-12,14,16-18H2,1-2H3. The van der Waals surface area contributed by atoms with E-state index in [1.54, 1.807) is 36.3 Å². The number of anilines is 1. The molecule has 2 amide bonds. The number of amides is 2. The first-order valence-electron chi connectivity index (χ1n) is 13.3. The summed E-state index contributed by atoms with van der Waals surface area (Å²) in [5.74, 6) is -0.479. The third-order valence-corrected chi connectivity index (χ3v) is 7.83. The molecule has 2 heterocycles. The number of hydrogen-bond donors (Lipinski definition) is 2. The number of ether oxygens (including phenoxy) is 1. The second-order valence-electron chi connectivity index (χ2n) is 10.0. The number of carbonyl (C=O) groups is 2. The van der Waals surface area contributed by atoms with Crippen molar-refractivity contribution in [3.8, 4) is 0 Å². The van der Waals surface area contributed by atoms with E-state index in [9.17, 15) is 14.0 Å². The molecular weight excluding hydrogens is 544 g/mol. The van der Waals surface area contributed by atoms with Crippen LogP contribution in [0.2, 0.25) is 10.0 Å². The van der Waals surface area contributed by atoms with Crippen molar-refractivity contribution in [1.29, 1.82) is 0 Å². The van der Waals surface area contributed by atoms with Gasteiger partial charge in [-0.2, -0.15) is 0 Å². The van der Waals surface area contributed by atoms with Gasteiger partial charge >= 0.3 is 0 Å². The van der Waals surface area contributed by atoms with Crippen molar-refractivity contribution in [3.63, 3.8) is 0 Å². The number of benzene rings is 2. The van der Waals surface area contributed by atoms with Gasteiger partial charge in [0.05, 0.1) is 13.2 Å². The van der Waals surface area contributed by atoms with E-state index in [1.807, 2.05) is 17.9 Å². The van der Waals surface area contributed by atoms with Crippen molar-refractivity contribution in [2.75, 3.05) is 64.4 Å². The molecule has 2 aliphatic rings. The van der Waals surface area contributed by atoms with Crippen LogP contribution in [-0.4, -0.2) is 93.2 Å². The van der Waals surface area contributed by atoms with Gasteiger partial charge < -0.3 is 30.1 Å². The van der Waals surface area contributed by atoms with Crippen LogP contribution in [0, 0.1) is 5.82 Å². The number of halogens is 3. The van der Waals surface area contributed by atoms with Crippen LogP contribution < -0.4 is 15.5 Å². The molecule has 0 bridgehead atoms. The van der Waals surface area contributed by atoms with E-state index in [0.29, 0.717) is 68.9 Å². The van der Waals surface area contributed by atoms with E-state index < -0.39 is 6.04 Å². The molecule has 0 aliphatic carbocycles. The molecule has 2 saturated heterocycles. The highest BCUT2D eigenvalue weighted by atomic mass is 35.5. The second-order valence-corrected chi connectivity index (χ2v) is 10.9. The number of piperazine rings is 2. The smallest absolute Gasteiger partial charge is 0.245 e. The predicted octanol–water partition coefficient (Wildman–Crippen LogP) is 2.95. The minimum Gasteiger partial charge on any atom is -0.383 e. The maximum Gasteiger partial charge on any atom is 0.245 e. The number of hydrogen-bond acceptors (Lipinski definition) is 6. The van der Waals surface area contributed by atoms with Crippen LogP contribution in [0.1, 0.15) is 18.1 Å². The first kappa shape index (κ1) is 29.6. The lowest BCUT2D eigenvalue weighted by Gasteiger charge is -2.41. The largest absolute Gasteiger partial charge is 0.383 e. The summed E-state index contributed by atoms with van der Waals surface area (Å²) in [6.45, 7) is 6.55. The highest BCUT2D eigenvalue weighted by Gasteiger charge is 2.36. The molecule has 2 aromatic carbocycles. The minimum absolute atomic E-state index is 0.0923. The molecule has 2 unspecified atom stereocenters. The lowest BCUT2D eigenvalue weighted by atomic mass is 10.0. The number of methoxy groups -OCH3 is 1. The van der Waals surface area contributed by atoms with Crippen LogP contribution in [0.15, 0.2) is 36.4 Å². The fraction of sp³-hybridized carbons (Fsp3) is 0.500. The quantitative estimate of drug-likeness (QED) is 0.450. The normalized spacial score (nSPS) is 17.9. The number of nitrogens with one attached hydrogen (secondary N) is 2. The van der Waals surface area contributed by atoms with Gasteiger partial charge in [0.1, 0.15) is 11.9 Å². The molecule has 11 heteroatoms. The van der Waals surface area contributed by atoms with E-state index in [0.717, 1.165) is 16.8 Å². The summed E-state index contributed by atoms with van der Waals surface area (Å²) in [7, 11) is 1.65. The Morgan fingerprint density at radius 1 is 1.10 bits per heavy atom. The van der Waals surface area contributed by atoms with Gasteiger partial charge in [-0.15, -0.1) is 0 Å². The molecule has 0 radical (unpaired) electrons. The lowest BCUT2D eigenvalue weighted by molar-refractivity contribution is -0.146. The summed E-state index contributed by atoms with van der Waals surface area (Å²) in [4.78, 5) is 32.3. The fourth-order valence-corrected chi connectivity index (χ4v) is 5.64. The first-order chi connectivity index (χ1) is 18.8. The van der Waals surface area contributed by atoms with Gasteiger partial charge in [0.25, 0.3) is 0 Å². The third-order valence-electron chi connectivity index (χ3n) is 7.25. The molecule has 0 spiro atoms. The monoisotopic (exact) mass is 579 g/mol. The fourth-order valence-electron chi connectivity index (χ4n) is 5.15. The summed E-state index contributed by atoms with van der Waals surface area (Å²) in [5, 5.41) is 7.44. The molecule has 39 heavy (non-hydrogen) atoms. The number of rotatable bonds is 10. The molecule has 0 aromatic heterocycles. The van der Waals surface area contributed by atoms with Gasteiger partial charge in [0.15, 0.2) is 0 Å². The van der Waals surface area contributed by atoms with Gasteiger partial charge in [-0.3, -0.25) is 9.59 Å². The molecule has 2 aliphatic heterocycles. The lowest BCUT2D eigenvalue weighted by Crippen LogP contribution is -2.60. The van der Waals surface area contributed by atoms with Crippen molar-refractivity contribution in [1.82, 2.24) is 20.4 Å². The van der Waals surface area contributed by atoms with E-state index in [-0.39, 0.29) is 30.2 Å². The van der Waals surface area contributed by atoms with E-state index >= 15 is 0 Å². The van der Waals surface area contributed by atoms with Crippen LogP contribution in [0.4, 0.5) is 10.1 Å². The van der Waals surface area contributed by atoms with Gasteiger partial charge in [-0.05, 0) is 48.4 Å². The number of nitrogens with zero attached hydrogens (tertiary/aromatic N) is 3. The van der Waals surface area contributed by atoms with Gasteiger partial charge in [-0.25, -0.2) is 4.39 Å². The van der Waals surface area contributed by atoms with Crippen molar-refractivity contribution < 1.29 is 18.7 Å². The zero-order valence-corrected chi connectivity index (χ0v) is 23.9. The van der Waals surface area contributed by atoms with Crippen LogP contribution >= 0.6 is 23.2 Å². The van der Waals surface area contributed by atoms with Gasteiger partial charge in [0, 0.05) is 81.1 Å². The molecular formula is C28H36Cl2FN5O3. The van der Waals surface area contributed by atoms with Crippen LogP contribution in [-0.2, 0) is 27.3 Å². The maximum atomic E-state index is 14.1. The Morgan fingerprint density at radius 2 is 1.87 bits per heavy atom. The van der Waals surface area contributed by atoms with Crippen molar-refractivity contribution >= 4 is 40.7 Å². The van der Waals surface area contributed by atoms with Gasteiger partial charge in [-0.1, -0.05) is 29.3 Å². The van der Waals surface area contributed by atoms with E-state index in [1.165, 1.54) is 6.07 Å². The average Bonchev–Trinajstić information content (AvgIpc) is 2.92. The van der Waals surface area contributed by atoms with E-state index in [2.05, 4.69) is 15.5 Å². The van der Waals surface area contributed by atoms with Crippen molar-refractivity contribution in [2.24, 2.45) is 0 Å². The molecule has 0 saturated carbocycles. The Labute approximate surface area is 239 Å². The zero-order valence-electron chi connectivity index (χ0n) is 22.4. The number of carbonyl (C=O) groups excluding carboxylic acids is 2. The van der Waals surface area contributed by atoms with Crippen LogP contribution in [0.5, 0.6) is 0 Å². The SMILES string of the molecule is COCC(C)NCc1cc(F)ccc1N1CCN(C(=O)C(Cc2ccc(Cl)cc2Cl)N2CCNCC2=O)CC1. The average molecular weight is 581 g/mol. The maximum absolute atomic E-state index is 14.1. The summed E-state index contributed by atoms with van der Waals surface area (Å²) < 4.78 is 19.3. The Morgan fingerprint density at radius 3 is 2.56 bits per heavy atom. The second kappa shape index (κ2) is 13.8. The Hall–Kier alpha value is -2.43. The highest BCUT2D eigenvalue weighted by Crippen LogP contribution is 2.26. The molecule has 8 nitrogen and oxygen atoms in total. The summed E-state index contributed by atoms with van der Waals surface area (Å²) in [6, 6.07) is 9.51. The molecule has 2 N–H and O–H groups in total. The summed E-state index contributed by atoms with van der Waals surface area (Å²) in [5.41, 5.74) is 2.58. The molecule has 212 valence electrons. The van der Waals surface area contributed by atoms with E-state index in [4.69, 9.17) is 27.9 Å². The Kier molecular flexibility index (Phi) is 10.4. The minimum atomic E-state index is -0.655. The Balaban J connectivity index is 1.47. The topological polar surface area (TPSA) is 77.2 Å². The zero-order chi connectivity index (χ0) is 27.9. The predicted molar refractivity (Wildman–Crippen MR) is 152 cm³/mol.